The zero-order chi connectivity index (χ0) is 17.4. The largest absolute Gasteiger partial charge is 0.480 e. The van der Waals surface area contributed by atoms with Gasteiger partial charge in [0, 0.05) is 6.42 Å². The lowest BCUT2D eigenvalue weighted by atomic mass is 10.1. The van der Waals surface area contributed by atoms with Gasteiger partial charge in [-0.05, 0) is 20.3 Å². The molecule has 0 spiro atoms. The molecule has 0 saturated carbocycles. The van der Waals surface area contributed by atoms with Crippen molar-refractivity contribution in [2.45, 2.75) is 50.9 Å². The summed E-state index contributed by atoms with van der Waals surface area (Å²) in [7, 11) is 0. The van der Waals surface area contributed by atoms with Gasteiger partial charge in [0.1, 0.15) is 6.04 Å². The van der Waals surface area contributed by atoms with E-state index in [2.05, 4.69) is 10.6 Å². The number of aliphatic carboxylic acids is 1. The minimum absolute atomic E-state index is 0.119. The molecule has 10 nitrogen and oxygen atoms in total. The highest BCUT2D eigenvalue weighted by Gasteiger charge is 2.29. The normalized spacial score (nSPS) is 16.0. The Morgan fingerprint density at radius 2 is 1.64 bits per heavy atom. The number of nitrogens with one attached hydrogen (secondary N) is 2. The SMILES string of the molecule is CC(N)C(=O)NC(CCC(N)=O)C(=O)NC(C(=O)O)C(C)O. The molecule has 0 rings (SSSR count). The lowest BCUT2D eigenvalue weighted by Gasteiger charge is -2.23. The number of primary amides is 1. The number of hydrogen-bond acceptors (Lipinski definition) is 6. The van der Waals surface area contributed by atoms with Crippen molar-refractivity contribution >= 4 is 23.7 Å². The van der Waals surface area contributed by atoms with Crippen molar-refractivity contribution < 1.29 is 29.4 Å². The number of amides is 3. The van der Waals surface area contributed by atoms with Crippen LogP contribution in [0.5, 0.6) is 0 Å². The van der Waals surface area contributed by atoms with E-state index in [9.17, 15) is 24.3 Å². The van der Waals surface area contributed by atoms with E-state index in [-0.39, 0.29) is 12.8 Å². The molecule has 0 aliphatic heterocycles. The Kier molecular flexibility index (Phi) is 8.05. The standard InChI is InChI=1S/C12H22N4O6/c1-5(13)10(19)15-7(3-4-8(14)18)11(20)16-9(6(2)17)12(21)22/h5-7,9,17H,3-4,13H2,1-2H3,(H2,14,18)(H,15,19)(H,16,20)(H,21,22). The molecule has 0 aliphatic rings. The number of aliphatic hydroxyl groups excluding tert-OH is 1. The third kappa shape index (κ3) is 6.99. The molecule has 0 aromatic heterocycles. The van der Waals surface area contributed by atoms with Crippen molar-refractivity contribution in [2.24, 2.45) is 11.5 Å². The van der Waals surface area contributed by atoms with Crippen LogP contribution in [-0.4, -0.2) is 58.1 Å². The van der Waals surface area contributed by atoms with E-state index in [4.69, 9.17) is 16.6 Å². The molecule has 10 heteroatoms. The van der Waals surface area contributed by atoms with Crippen molar-refractivity contribution in [3.8, 4) is 0 Å². The summed E-state index contributed by atoms with van der Waals surface area (Å²) in [6.07, 6.45) is -1.66. The van der Waals surface area contributed by atoms with Gasteiger partial charge in [-0.15, -0.1) is 0 Å². The molecule has 0 bridgehead atoms. The van der Waals surface area contributed by atoms with Gasteiger partial charge in [0.25, 0.3) is 0 Å². The first-order valence-corrected chi connectivity index (χ1v) is 6.61. The van der Waals surface area contributed by atoms with Crippen LogP contribution in [0.15, 0.2) is 0 Å². The van der Waals surface area contributed by atoms with E-state index < -0.39 is 47.9 Å². The monoisotopic (exact) mass is 318 g/mol. The van der Waals surface area contributed by atoms with Crippen LogP contribution in [0.2, 0.25) is 0 Å². The average molecular weight is 318 g/mol. The lowest BCUT2D eigenvalue weighted by Crippen LogP contribution is -2.56. The first-order valence-electron chi connectivity index (χ1n) is 6.61. The van der Waals surface area contributed by atoms with E-state index in [0.717, 1.165) is 0 Å². The molecule has 8 N–H and O–H groups in total. The van der Waals surface area contributed by atoms with Crippen LogP contribution < -0.4 is 22.1 Å². The van der Waals surface area contributed by atoms with Gasteiger partial charge in [-0.3, -0.25) is 14.4 Å². The van der Waals surface area contributed by atoms with Gasteiger partial charge < -0.3 is 32.3 Å². The first-order chi connectivity index (χ1) is 10.1. The Morgan fingerprint density at radius 1 is 1.09 bits per heavy atom. The molecule has 4 unspecified atom stereocenters. The third-order valence-corrected chi connectivity index (χ3v) is 2.77. The summed E-state index contributed by atoms with van der Waals surface area (Å²) >= 11 is 0. The Hall–Kier alpha value is -2.20. The van der Waals surface area contributed by atoms with Gasteiger partial charge in [-0.2, -0.15) is 0 Å². The number of aliphatic hydroxyl groups is 1. The molecule has 0 aromatic rings. The summed E-state index contributed by atoms with van der Waals surface area (Å²) in [6, 6.07) is -3.63. The van der Waals surface area contributed by atoms with E-state index in [1.165, 1.54) is 13.8 Å². The molecular weight excluding hydrogens is 296 g/mol. The predicted molar refractivity (Wildman–Crippen MR) is 75.3 cm³/mol. The van der Waals surface area contributed by atoms with Crippen LogP contribution in [0.1, 0.15) is 26.7 Å². The molecule has 0 radical (unpaired) electrons. The molecular formula is C12H22N4O6. The maximum atomic E-state index is 12.0. The second-order valence-electron chi connectivity index (χ2n) is 4.92. The number of carboxylic acids is 1. The van der Waals surface area contributed by atoms with Gasteiger partial charge in [-0.25, -0.2) is 4.79 Å². The summed E-state index contributed by atoms with van der Waals surface area (Å²) in [4.78, 5) is 45.3. The van der Waals surface area contributed by atoms with Crippen molar-refractivity contribution in [3.63, 3.8) is 0 Å². The van der Waals surface area contributed by atoms with Gasteiger partial charge in [-0.1, -0.05) is 0 Å². The maximum Gasteiger partial charge on any atom is 0.328 e. The second kappa shape index (κ2) is 8.95. The van der Waals surface area contributed by atoms with Crippen LogP contribution in [0.25, 0.3) is 0 Å². The fourth-order valence-corrected chi connectivity index (χ4v) is 1.50. The molecule has 0 aromatic carbocycles. The maximum absolute atomic E-state index is 12.0. The lowest BCUT2D eigenvalue weighted by molar-refractivity contribution is -0.145. The Balaban J connectivity index is 4.97. The van der Waals surface area contributed by atoms with Gasteiger partial charge in [0.05, 0.1) is 12.1 Å². The predicted octanol–water partition coefficient (Wildman–Crippen LogP) is -2.97. The summed E-state index contributed by atoms with van der Waals surface area (Å²) in [5.74, 6) is -3.62. The minimum atomic E-state index is -1.55. The molecule has 22 heavy (non-hydrogen) atoms. The van der Waals surface area contributed by atoms with E-state index in [1.54, 1.807) is 0 Å². The minimum Gasteiger partial charge on any atom is -0.480 e. The van der Waals surface area contributed by atoms with Crippen LogP contribution in [0.4, 0.5) is 0 Å². The molecule has 3 amide bonds. The Labute approximate surface area is 127 Å². The van der Waals surface area contributed by atoms with E-state index >= 15 is 0 Å². The average Bonchev–Trinajstić information content (AvgIpc) is 2.38. The highest BCUT2D eigenvalue weighted by Crippen LogP contribution is 2.01. The molecule has 4 atom stereocenters. The number of carboxylic acid groups (broad SMARTS) is 1. The second-order valence-corrected chi connectivity index (χ2v) is 4.92. The van der Waals surface area contributed by atoms with Crippen molar-refractivity contribution in [1.82, 2.24) is 10.6 Å². The van der Waals surface area contributed by atoms with Gasteiger partial charge in [0.15, 0.2) is 6.04 Å². The number of carbonyl (C=O) groups excluding carboxylic acids is 3. The molecule has 0 fully saturated rings. The Morgan fingerprint density at radius 3 is 2.00 bits per heavy atom. The number of rotatable bonds is 9. The van der Waals surface area contributed by atoms with Crippen molar-refractivity contribution in [3.05, 3.63) is 0 Å². The van der Waals surface area contributed by atoms with Crippen LogP contribution >= 0.6 is 0 Å². The third-order valence-electron chi connectivity index (χ3n) is 2.77. The van der Waals surface area contributed by atoms with Crippen molar-refractivity contribution in [2.75, 3.05) is 0 Å². The van der Waals surface area contributed by atoms with E-state index in [0.29, 0.717) is 0 Å². The van der Waals surface area contributed by atoms with Crippen molar-refractivity contribution in [1.29, 1.82) is 0 Å². The topological polar surface area (TPSA) is 185 Å². The highest BCUT2D eigenvalue weighted by molar-refractivity contribution is 5.92. The van der Waals surface area contributed by atoms with Crippen LogP contribution in [0.3, 0.4) is 0 Å². The fraction of sp³-hybridized carbons (Fsp3) is 0.667. The molecule has 0 heterocycles. The quantitative estimate of drug-likeness (QED) is 0.262. The molecule has 0 aliphatic carbocycles. The summed E-state index contributed by atoms with van der Waals surface area (Å²) < 4.78 is 0. The van der Waals surface area contributed by atoms with Gasteiger partial charge in [0.2, 0.25) is 17.7 Å². The van der Waals surface area contributed by atoms with E-state index in [1.807, 2.05) is 0 Å². The zero-order valence-electron chi connectivity index (χ0n) is 12.4. The first kappa shape index (κ1) is 19.8. The number of carbonyl (C=O) groups is 4. The zero-order valence-corrected chi connectivity index (χ0v) is 12.4. The van der Waals surface area contributed by atoms with Gasteiger partial charge >= 0.3 is 5.97 Å². The fourth-order valence-electron chi connectivity index (χ4n) is 1.50. The summed E-state index contributed by atoms with van der Waals surface area (Å²) in [6.45, 7) is 2.59. The smallest absolute Gasteiger partial charge is 0.328 e. The summed E-state index contributed by atoms with van der Waals surface area (Å²) in [5, 5.41) is 22.6. The highest BCUT2D eigenvalue weighted by atomic mass is 16.4. The van der Waals surface area contributed by atoms with Crippen LogP contribution in [-0.2, 0) is 19.2 Å². The number of nitrogens with two attached hydrogens (primary N) is 2. The molecule has 126 valence electrons. The molecule has 0 saturated heterocycles. The number of hydrogen-bond donors (Lipinski definition) is 6. The summed E-state index contributed by atoms with van der Waals surface area (Å²) in [5.41, 5.74) is 10.4. The van der Waals surface area contributed by atoms with Crippen LogP contribution in [0, 0.1) is 0 Å². The Bertz CT molecular complexity index is 437.